The molecule has 1 aromatic heterocycles. The van der Waals surface area contributed by atoms with Crippen molar-refractivity contribution in [3.8, 4) is 0 Å². The maximum atomic E-state index is 5.97. The van der Waals surface area contributed by atoms with Crippen LogP contribution in [-0.4, -0.2) is 24.2 Å². The van der Waals surface area contributed by atoms with Crippen LogP contribution in [0.25, 0.3) is 10.8 Å². The van der Waals surface area contributed by atoms with Crippen LogP contribution in [0.5, 0.6) is 0 Å². The summed E-state index contributed by atoms with van der Waals surface area (Å²) in [4.78, 5) is 4.30. The van der Waals surface area contributed by atoms with Crippen LogP contribution in [0.3, 0.4) is 0 Å². The molecule has 21 heavy (non-hydrogen) atoms. The molecule has 1 N–H and O–H groups in total. The standard InChI is InChI=1S/C18H26N2O/c1-4-11-20-18(17(5-2)21-6-3)15-9-7-8-14-10-12-19-13-16(14)15/h7-10,12-13,17-18,20H,4-6,11H2,1-3H3. The van der Waals surface area contributed by atoms with Crippen molar-refractivity contribution < 1.29 is 4.74 Å². The Kier molecular flexibility index (Phi) is 6.15. The normalized spacial score (nSPS) is 14.2. The molecule has 3 nitrogen and oxygen atoms in total. The van der Waals surface area contributed by atoms with E-state index in [2.05, 4.69) is 55.3 Å². The SMILES string of the molecule is CCCNC(c1cccc2ccncc12)C(CC)OCC. The van der Waals surface area contributed by atoms with Crippen molar-refractivity contribution in [2.45, 2.75) is 45.8 Å². The van der Waals surface area contributed by atoms with E-state index in [9.17, 15) is 0 Å². The van der Waals surface area contributed by atoms with Gasteiger partial charge in [-0.25, -0.2) is 0 Å². The molecule has 2 aromatic rings. The lowest BCUT2D eigenvalue weighted by Crippen LogP contribution is -2.34. The van der Waals surface area contributed by atoms with Crippen molar-refractivity contribution in [2.75, 3.05) is 13.2 Å². The highest BCUT2D eigenvalue weighted by molar-refractivity contribution is 5.85. The van der Waals surface area contributed by atoms with Crippen LogP contribution in [0.2, 0.25) is 0 Å². The Bertz CT molecular complexity index is 550. The molecule has 0 radical (unpaired) electrons. The Hall–Kier alpha value is -1.45. The second-order valence-electron chi connectivity index (χ2n) is 5.28. The molecule has 2 unspecified atom stereocenters. The zero-order valence-electron chi connectivity index (χ0n) is 13.3. The first-order valence-electron chi connectivity index (χ1n) is 7.99. The van der Waals surface area contributed by atoms with E-state index in [1.165, 1.54) is 16.3 Å². The number of ether oxygens (including phenoxy) is 1. The number of hydrogen-bond donors (Lipinski definition) is 1. The smallest absolute Gasteiger partial charge is 0.0767 e. The van der Waals surface area contributed by atoms with Crippen LogP contribution in [0.4, 0.5) is 0 Å². The van der Waals surface area contributed by atoms with E-state index >= 15 is 0 Å². The molecule has 3 heteroatoms. The maximum absolute atomic E-state index is 5.97. The average Bonchev–Trinajstić information content (AvgIpc) is 2.54. The van der Waals surface area contributed by atoms with Gasteiger partial charge in [0.25, 0.3) is 0 Å². The lowest BCUT2D eigenvalue weighted by molar-refractivity contribution is 0.0318. The van der Waals surface area contributed by atoms with E-state index < -0.39 is 0 Å². The van der Waals surface area contributed by atoms with E-state index in [0.717, 1.165) is 26.0 Å². The fraction of sp³-hybridized carbons (Fsp3) is 0.500. The molecule has 0 fully saturated rings. The fourth-order valence-corrected chi connectivity index (χ4v) is 2.81. The predicted molar refractivity (Wildman–Crippen MR) is 88.5 cm³/mol. The summed E-state index contributed by atoms with van der Waals surface area (Å²) < 4.78 is 5.97. The molecule has 0 aliphatic heterocycles. The van der Waals surface area contributed by atoms with Gasteiger partial charge >= 0.3 is 0 Å². The second-order valence-corrected chi connectivity index (χ2v) is 5.28. The molecule has 0 aliphatic rings. The van der Waals surface area contributed by atoms with Gasteiger partial charge in [-0.3, -0.25) is 4.98 Å². The molecule has 2 atom stereocenters. The van der Waals surface area contributed by atoms with Crippen LogP contribution >= 0.6 is 0 Å². The van der Waals surface area contributed by atoms with Crippen molar-refractivity contribution in [1.82, 2.24) is 10.3 Å². The lowest BCUT2D eigenvalue weighted by Gasteiger charge is -2.28. The highest BCUT2D eigenvalue weighted by atomic mass is 16.5. The summed E-state index contributed by atoms with van der Waals surface area (Å²) in [5, 5.41) is 6.11. The number of aromatic nitrogens is 1. The molecule has 0 amide bonds. The van der Waals surface area contributed by atoms with Gasteiger partial charge < -0.3 is 10.1 Å². The number of pyridine rings is 1. The van der Waals surface area contributed by atoms with Crippen molar-refractivity contribution >= 4 is 10.8 Å². The van der Waals surface area contributed by atoms with Crippen LogP contribution < -0.4 is 5.32 Å². The molecule has 0 bridgehead atoms. The van der Waals surface area contributed by atoms with E-state index in [1.54, 1.807) is 0 Å². The summed E-state index contributed by atoms with van der Waals surface area (Å²) in [6.45, 7) is 8.17. The summed E-state index contributed by atoms with van der Waals surface area (Å²) >= 11 is 0. The minimum Gasteiger partial charge on any atom is -0.377 e. The highest BCUT2D eigenvalue weighted by Crippen LogP contribution is 2.28. The van der Waals surface area contributed by atoms with E-state index in [1.807, 2.05) is 12.4 Å². The van der Waals surface area contributed by atoms with Gasteiger partial charge in [-0.1, -0.05) is 32.0 Å². The molecule has 1 aromatic carbocycles. The van der Waals surface area contributed by atoms with Gasteiger partial charge in [-0.05, 0) is 43.3 Å². The van der Waals surface area contributed by atoms with Gasteiger partial charge in [-0.15, -0.1) is 0 Å². The van der Waals surface area contributed by atoms with Gasteiger partial charge in [0.05, 0.1) is 12.1 Å². The number of nitrogens with one attached hydrogen (secondary N) is 1. The maximum Gasteiger partial charge on any atom is 0.0767 e. The van der Waals surface area contributed by atoms with Crippen molar-refractivity contribution in [1.29, 1.82) is 0 Å². The summed E-state index contributed by atoms with van der Waals surface area (Å²) in [7, 11) is 0. The van der Waals surface area contributed by atoms with E-state index in [4.69, 9.17) is 4.74 Å². The summed E-state index contributed by atoms with van der Waals surface area (Å²) in [6, 6.07) is 8.73. The summed E-state index contributed by atoms with van der Waals surface area (Å²) in [6.07, 6.45) is 6.10. The second kappa shape index (κ2) is 8.11. The van der Waals surface area contributed by atoms with Crippen molar-refractivity contribution in [3.05, 3.63) is 42.2 Å². The van der Waals surface area contributed by atoms with Crippen molar-refractivity contribution in [3.63, 3.8) is 0 Å². The topological polar surface area (TPSA) is 34.2 Å². The molecular formula is C18H26N2O. The van der Waals surface area contributed by atoms with Crippen molar-refractivity contribution in [2.24, 2.45) is 0 Å². The Morgan fingerprint density at radius 3 is 2.76 bits per heavy atom. The Balaban J connectivity index is 2.42. The van der Waals surface area contributed by atoms with Gasteiger partial charge in [0.2, 0.25) is 0 Å². The molecule has 0 saturated carbocycles. The predicted octanol–water partition coefficient (Wildman–Crippen LogP) is 4.09. The molecule has 0 aliphatic carbocycles. The van der Waals surface area contributed by atoms with E-state index in [0.29, 0.717) is 0 Å². The fourth-order valence-electron chi connectivity index (χ4n) is 2.81. The molecule has 0 saturated heterocycles. The average molecular weight is 286 g/mol. The first kappa shape index (κ1) is 15.9. The molecule has 0 spiro atoms. The Morgan fingerprint density at radius 1 is 1.19 bits per heavy atom. The third-order valence-corrected chi connectivity index (χ3v) is 3.82. The van der Waals surface area contributed by atoms with Crippen LogP contribution in [0.15, 0.2) is 36.7 Å². The number of benzene rings is 1. The molecule has 114 valence electrons. The third kappa shape index (κ3) is 3.80. The van der Waals surface area contributed by atoms with Gasteiger partial charge in [0.1, 0.15) is 0 Å². The monoisotopic (exact) mass is 286 g/mol. The zero-order valence-corrected chi connectivity index (χ0v) is 13.3. The van der Waals surface area contributed by atoms with Gasteiger partial charge in [0, 0.05) is 24.4 Å². The largest absolute Gasteiger partial charge is 0.377 e. The lowest BCUT2D eigenvalue weighted by atomic mass is 9.95. The number of nitrogens with zero attached hydrogens (tertiary/aromatic N) is 1. The minimum absolute atomic E-state index is 0.187. The first-order valence-corrected chi connectivity index (χ1v) is 7.99. The summed E-state index contributed by atoms with van der Waals surface area (Å²) in [5.41, 5.74) is 1.29. The minimum atomic E-state index is 0.187. The van der Waals surface area contributed by atoms with E-state index in [-0.39, 0.29) is 12.1 Å². The van der Waals surface area contributed by atoms with Crippen LogP contribution in [0, 0.1) is 0 Å². The number of hydrogen-bond acceptors (Lipinski definition) is 3. The van der Waals surface area contributed by atoms with Gasteiger partial charge in [0.15, 0.2) is 0 Å². The molecular weight excluding hydrogens is 260 g/mol. The van der Waals surface area contributed by atoms with Crippen LogP contribution in [0.1, 0.15) is 45.2 Å². The van der Waals surface area contributed by atoms with Gasteiger partial charge in [-0.2, -0.15) is 0 Å². The number of fused-ring (bicyclic) bond motifs is 1. The quantitative estimate of drug-likeness (QED) is 0.793. The third-order valence-electron chi connectivity index (χ3n) is 3.82. The molecule has 2 rings (SSSR count). The Labute approximate surface area is 127 Å². The van der Waals surface area contributed by atoms with Crippen LogP contribution in [-0.2, 0) is 4.74 Å². The highest BCUT2D eigenvalue weighted by Gasteiger charge is 2.23. The number of rotatable bonds is 8. The zero-order chi connectivity index (χ0) is 15.1. The molecule has 1 heterocycles. The Morgan fingerprint density at radius 2 is 2.05 bits per heavy atom. The first-order chi connectivity index (χ1) is 10.3. The summed E-state index contributed by atoms with van der Waals surface area (Å²) in [5.74, 6) is 0.